The third-order valence-electron chi connectivity index (χ3n) is 4.80. The Morgan fingerprint density at radius 1 is 0.909 bits per heavy atom. The molecule has 0 bridgehead atoms. The first-order valence-electron chi connectivity index (χ1n) is 7.96. The Bertz CT molecular complexity index is 674. The van der Waals surface area contributed by atoms with Gasteiger partial charge in [-0.25, -0.2) is 0 Å². The molecule has 0 saturated heterocycles. The lowest BCUT2D eigenvalue weighted by Gasteiger charge is -2.40. The molecule has 0 atom stereocenters. The molecule has 0 aromatic carbocycles. The van der Waals surface area contributed by atoms with Crippen LogP contribution in [0, 0.1) is 0 Å². The quantitative estimate of drug-likeness (QED) is 0.797. The van der Waals surface area contributed by atoms with Gasteiger partial charge in [0.25, 0.3) is 0 Å². The molecule has 0 radical (unpaired) electrons. The topological polar surface area (TPSA) is 50.3 Å². The average molecular weight is 294 g/mol. The summed E-state index contributed by atoms with van der Waals surface area (Å²) in [4.78, 5) is 31.1. The Labute approximate surface area is 129 Å². The lowest BCUT2D eigenvalue weighted by molar-refractivity contribution is -0.116. The highest BCUT2D eigenvalue weighted by Crippen LogP contribution is 2.43. The molecule has 0 amide bonds. The van der Waals surface area contributed by atoms with Crippen LogP contribution in [0.15, 0.2) is 47.1 Å². The van der Waals surface area contributed by atoms with Crippen molar-refractivity contribution >= 4 is 17.3 Å². The number of carbonyl (C=O) groups is 2. The smallest absolute Gasteiger partial charge is 0.160 e. The van der Waals surface area contributed by atoms with Crippen molar-refractivity contribution in [1.29, 1.82) is 0 Å². The number of pyridine rings is 1. The fourth-order valence-corrected chi connectivity index (χ4v) is 3.79. The zero-order chi connectivity index (χ0) is 15.1. The molecule has 0 unspecified atom stereocenters. The van der Waals surface area contributed by atoms with Crippen LogP contribution in [0.1, 0.15) is 44.9 Å². The average Bonchev–Trinajstić information content (AvgIpc) is 2.55. The van der Waals surface area contributed by atoms with E-state index < -0.39 is 0 Å². The van der Waals surface area contributed by atoms with Gasteiger partial charge in [-0.3, -0.25) is 14.6 Å². The maximum absolute atomic E-state index is 12.4. The van der Waals surface area contributed by atoms with Gasteiger partial charge in [0.15, 0.2) is 11.6 Å². The fraction of sp³-hybridized carbons (Fsp3) is 0.389. The van der Waals surface area contributed by atoms with Crippen molar-refractivity contribution < 1.29 is 9.59 Å². The van der Waals surface area contributed by atoms with E-state index in [9.17, 15) is 9.59 Å². The van der Waals surface area contributed by atoms with Crippen LogP contribution in [0.5, 0.6) is 0 Å². The first-order chi connectivity index (χ1) is 10.8. The van der Waals surface area contributed by atoms with Gasteiger partial charge >= 0.3 is 0 Å². The molecule has 0 spiro atoms. The van der Waals surface area contributed by atoms with Gasteiger partial charge in [0, 0.05) is 48.0 Å². The number of hydrogen-bond donors (Lipinski definition) is 0. The maximum atomic E-state index is 12.4. The second-order valence-corrected chi connectivity index (χ2v) is 6.13. The van der Waals surface area contributed by atoms with E-state index in [2.05, 4.69) is 9.88 Å². The third-order valence-corrected chi connectivity index (χ3v) is 4.80. The van der Waals surface area contributed by atoms with Crippen molar-refractivity contribution in [3.63, 3.8) is 0 Å². The molecule has 0 fully saturated rings. The highest BCUT2D eigenvalue weighted by Gasteiger charge is 2.36. The van der Waals surface area contributed by atoms with Gasteiger partial charge in [0.2, 0.25) is 0 Å². The Morgan fingerprint density at radius 2 is 1.55 bits per heavy atom. The molecule has 2 aliphatic carbocycles. The van der Waals surface area contributed by atoms with Gasteiger partial charge < -0.3 is 4.90 Å². The van der Waals surface area contributed by atoms with Gasteiger partial charge in [-0.05, 0) is 37.8 Å². The highest BCUT2D eigenvalue weighted by atomic mass is 16.1. The van der Waals surface area contributed by atoms with Gasteiger partial charge in [0.1, 0.15) is 0 Å². The normalized spacial score (nSPS) is 21.9. The van der Waals surface area contributed by atoms with E-state index in [1.807, 2.05) is 18.3 Å². The second kappa shape index (κ2) is 5.20. The summed E-state index contributed by atoms with van der Waals surface area (Å²) in [7, 11) is 0. The summed E-state index contributed by atoms with van der Waals surface area (Å²) >= 11 is 0. The minimum atomic E-state index is 0.208. The van der Waals surface area contributed by atoms with Crippen LogP contribution in [0.25, 0.3) is 0 Å². The summed E-state index contributed by atoms with van der Waals surface area (Å²) in [6.07, 6.45) is 8.92. The molecule has 2 heterocycles. The summed E-state index contributed by atoms with van der Waals surface area (Å²) < 4.78 is 0. The first-order valence-corrected chi connectivity index (χ1v) is 7.96. The van der Waals surface area contributed by atoms with Crippen LogP contribution in [-0.4, -0.2) is 16.6 Å². The molecule has 0 N–H and O–H groups in total. The van der Waals surface area contributed by atoms with E-state index in [0.717, 1.165) is 53.9 Å². The molecule has 112 valence electrons. The first kappa shape index (κ1) is 13.4. The lowest BCUT2D eigenvalue weighted by atomic mass is 9.80. The molecule has 1 aromatic rings. The molecule has 4 rings (SSSR count). The number of Topliss-reactive ketones (excluding diaryl/α,β-unsaturated/α-hetero) is 2. The fourth-order valence-electron chi connectivity index (χ4n) is 3.79. The van der Waals surface area contributed by atoms with Crippen LogP contribution in [-0.2, 0) is 9.59 Å². The standard InChI is InChI=1S/C18H18N2O2/c21-17-7-1-5-15-13(17)10-14-16(6-2-8-18(14)22)20(15)12-4-3-9-19-11-12/h3-4,9,11H,1-2,5-8,10H2. The Kier molecular flexibility index (Phi) is 3.17. The van der Waals surface area contributed by atoms with Gasteiger partial charge in [-0.2, -0.15) is 0 Å². The van der Waals surface area contributed by atoms with E-state index >= 15 is 0 Å². The summed E-state index contributed by atoms with van der Waals surface area (Å²) in [5, 5.41) is 0. The minimum absolute atomic E-state index is 0.208. The van der Waals surface area contributed by atoms with Crippen LogP contribution in [0.4, 0.5) is 5.69 Å². The van der Waals surface area contributed by atoms with Crippen LogP contribution in [0.3, 0.4) is 0 Å². The summed E-state index contributed by atoms with van der Waals surface area (Å²) in [5.41, 5.74) is 4.86. The molecule has 1 aliphatic heterocycles. The number of allylic oxidation sites excluding steroid dienone is 4. The van der Waals surface area contributed by atoms with E-state index in [0.29, 0.717) is 19.3 Å². The molecular weight excluding hydrogens is 276 g/mol. The number of hydrogen-bond acceptors (Lipinski definition) is 4. The van der Waals surface area contributed by atoms with Crippen LogP contribution in [0.2, 0.25) is 0 Å². The monoisotopic (exact) mass is 294 g/mol. The number of nitrogens with zero attached hydrogens (tertiary/aromatic N) is 2. The largest absolute Gasteiger partial charge is 0.316 e. The van der Waals surface area contributed by atoms with Crippen molar-refractivity contribution in [3.8, 4) is 0 Å². The second-order valence-electron chi connectivity index (χ2n) is 6.13. The Hall–Kier alpha value is -2.23. The van der Waals surface area contributed by atoms with Gasteiger partial charge in [0.05, 0.1) is 11.9 Å². The van der Waals surface area contributed by atoms with Crippen molar-refractivity contribution in [3.05, 3.63) is 47.1 Å². The van der Waals surface area contributed by atoms with Crippen molar-refractivity contribution in [2.45, 2.75) is 44.9 Å². The maximum Gasteiger partial charge on any atom is 0.160 e. The summed E-state index contributed by atoms with van der Waals surface area (Å²) in [5.74, 6) is 0.417. The minimum Gasteiger partial charge on any atom is -0.316 e. The SMILES string of the molecule is O=C1CCCC2=C1CC1=C(CCCC1=O)N2c1cccnc1. The van der Waals surface area contributed by atoms with E-state index in [1.54, 1.807) is 6.20 Å². The lowest BCUT2D eigenvalue weighted by Crippen LogP contribution is -2.35. The molecule has 4 nitrogen and oxygen atoms in total. The molecule has 0 saturated carbocycles. The van der Waals surface area contributed by atoms with Crippen molar-refractivity contribution in [1.82, 2.24) is 4.98 Å². The Morgan fingerprint density at radius 3 is 2.09 bits per heavy atom. The van der Waals surface area contributed by atoms with Crippen molar-refractivity contribution in [2.75, 3.05) is 4.90 Å². The molecule has 3 aliphatic rings. The van der Waals surface area contributed by atoms with E-state index in [-0.39, 0.29) is 11.6 Å². The number of rotatable bonds is 1. The van der Waals surface area contributed by atoms with Crippen LogP contribution >= 0.6 is 0 Å². The molecular formula is C18H18N2O2. The van der Waals surface area contributed by atoms with Gasteiger partial charge in [-0.15, -0.1) is 0 Å². The number of ketones is 2. The zero-order valence-electron chi connectivity index (χ0n) is 12.5. The number of carbonyl (C=O) groups excluding carboxylic acids is 2. The van der Waals surface area contributed by atoms with Crippen molar-refractivity contribution in [2.24, 2.45) is 0 Å². The predicted molar refractivity (Wildman–Crippen MR) is 83.1 cm³/mol. The van der Waals surface area contributed by atoms with Crippen LogP contribution < -0.4 is 4.90 Å². The van der Waals surface area contributed by atoms with E-state index in [4.69, 9.17) is 0 Å². The van der Waals surface area contributed by atoms with Gasteiger partial charge in [-0.1, -0.05) is 0 Å². The van der Waals surface area contributed by atoms with E-state index in [1.165, 1.54) is 0 Å². The number of aromatic nitrogens is 1. The highest BCUT2D eigenvalue weighted by molar-refractivity contribution is 6.05. The predicted octanol–water partition coefficient (Wildman–Crippen LogP) is 3.31. The summed E-state index contributed by atoms with van der Waals surface area (Å²) in [6.45, 7) is 0. The molecule has 22 heavy (non-hydrogen) atoms. The molecule has 1 aromatic heterocycles. The summed E-state index contributed by atoms with van der Waals surface area (Å²) in [6, 6.07) is 3.91. The number of anilines is 1. The third kappa shape index (κ3) is 2.02. The molecule has 4 heteroatoms. The zero-order valence-corrected chi connectivity index (χ0v) is 12.5. The Balaban J connectivity index is 1.90.